The molecule has 1 saturated heterocycles. The molecule has 1 unspecified atom stereocenters. The zero-order chi connectivity index (χ0) is 21.9. The summed E-state index contributed by atoms with van der Waals surface area (Å²) in [6, 6.07) is 0. The first-order valence-electron chi connectivity index (χ1n) is 10.4. The monoisotopic (exact) mass is 415 g/mol. The van der Waals surface area contributed by atoms with Gasteiger partial charge in [0.1, 0.15) is 11.7 Å². The number of hydrogen-bond acceptors (Lipinski definition) is 7. The molecule has 1 rings (SSSR count). The van der Waals surface area contributed by atoms with Crippen molar-refractivity contribution in [3.05, 3.63) is 0 Å². The van der Waals surface area contributed by atoms with Gasteiger partial charge in [-0.3, -0.25) is 19.9 Å². The molecular formula is C20H37N3O6. The summed E-state index contributed by atoms with van der Waals surface area (Å²) >= 11 is 0. The number of hydrazine groups is 1. The minimum atomic E-state index is -0.967. The van der Waals surface area contributed by atoms with Gasteiger partial charge in [0, 0.05) is 39.1 Å². The molecule has 0 bridgehead atoms. The molecule has 1 fully saturated rings. The number of rotatable bonds is 12. The number of aliphatic carboxylic acids is 1. The van der Waals surface area contributed by atoms with E-state index in [0.29, 0.717) is 32.7 Å². The lowest BCUT2D eigenvalue weighted by atomic mass is 10.0. The summed E-state index contributed by atoms with van der Waals surface area (Å²) in [5, 5.41) is 10.6. The third kappa shape index (κ3) is 11.8. The Labute approximate surface area is 173 Å². The Morgan fingerprint density at radius 2 is 1.76 bits per heavy atom. The van der Waals surface area contributed by atoms with E-state index in [4.69, 9.17) is 14.6 Å². The predicted octanol–water partition coefficient (Wildman–Crippen LogP) is 2.05. The van der Waals surface area contributed by atoms with Gasteiger partial charge in [-0.15, -0.1) is 0 Å². The highest BCUT2D eigenvalue weighted by Gasteiger charge is 2.23. The normalized spacial score (nSPS) is 17.0. The molecule has 2 N–H and O–H groups in total. The molecule has 29 heavy (non-hydrogen) atoms. The first-order chi connectivity index (χ1) is 13.6. The van der Waals surface area contributed by atoms with Crippen LogP contribution in [-0.2, 0) is 19.1 Å². The number of Topliss-reactive ketones (excluding diaryl/α,β-unsaturated/α-hetero) is 1. The second-order valence-electron chi connectivity index (χ2n) is 8.30. The molecule has 0 spiro atoms. The molecule has 0 saturated carbocycles. The van der Waals surface area contributed by atoms with Crippen LogP contribution in [0.25, 0.3) is 0 Å². The summed E-state index contributed by atoms with van der Waals surface area (Å²) in [5.74, 6) is -1.10. The van der Waals surface area contributed by atoms with E-state index in [1.165, 1.54) is 0 Å². The largest absolute Gasteiger partial charge is 0.481 e. The number of carboxylic acids is 1. The fraction of sp³-hybridized carbons (Fsp3) is 0.850. The van der Waals surface area contributed by atoms with Crippen LogP contribution in [0, 0.1) is 0 Å². The summed E-state index contributed by atoms with van der Waals surface area (Å²) in [6.45, 7) is 11.5. The van der Waals surface area contributed by atoms with Gasteiger partial charge < -0.3 is 14.6 Å². The van der Waals surface area contributed by atoms with E-state index in [1.54, 1.807) is 0 Å². The maximum absolute atomic E-state index is 12.2. The Hall–Kier alpha value is -1.71. The van der Waals surface area contributed by atoms with Gasteiger partial charge in [0.25, 0.3) is 0 Å². The number of nitrogens with one attached hydrogen (secondary N) is 1. The molecular weight excluding hydrogens is 378 g/mol. The number of carbonyl (C=O) groups excluding carboxylic acids is 2. The molecule has 9 nitrogen and oxygen atoms in total. The van der Waals surface area contributed by atoms with Crippen molar-refractivity contribution < 1.29 is 29.0 Å². The number of carbonyl (C=O) groups is 3. The van der Waals surface area contributed by atoms with Crippen molar-refractivity contribution in [2.75, 3.05) is 39.3 Å². The Morgan fingerprint density at radius 1 is 1.10 bits per heavy atom. The smallest absolute Gasteiger partial charge is 0.422 e. The zero-order valence-corrected chi connectivity index (χ0v) is 18.2. The number of nitrogens with zero attached hydrogens (tertiary/aromatic N) is 2. The van der Waals surface area contributed by atoms with E-state index < -0.39 is 23.8 Å². The average Bonchev–Trinajstić information content (AvgIpc) is 2.62. The van der Waals surface area contributed by atoms with Crippen LogP contribution in [0.15, 0.2) is 0 Å². The van der Waals surface area contributed by atoms with Crippen molar-refractivity contribution in [2.45, 2.75) is 71.5 Å². The number of hydrogen-bond donors (Lipinski definition) is 2. The highest BCUT2D eigenvalue weighted by molar-refractivity contribution is 5.86. The predicted molar refractivity (Wildman–Crippen MR) is 109 cm³/mol. The highest BCUT2D eigenvalue weighted by Crippen LogP contribution is 2.11. The van der Waals surface area contributed by atoms with E-state index in [2.05, 4.69) is 10.3 Å². The lowest BCUT2D eigenvalue weighted by Gasteiger charge is -2.35. The summed E-state index contributed by atoms with van der Waals surface area (Å²) in [7, 11) is 0. The van der Waals surface area contributed by atoms with Gasteiger partial charge in [-0.1, -0.05) is 19.8 Å². The zero-order valence-electron chi connectivity index (χ0n) is 18.2. The van der Waals surface area contributed by atoms with Gasteiger partial charge in [-0.05, 0) is 27.2 Å². The van der Waals surface area contributed by atoms with Gasteiger partial charge in [0.2, 0.25) is 0 Å². The van der Waals surface area contributed by atoms with Gasteiger partial charge in [-0.2, -0.15) is 0 Å². The van der Waals surface area contributed by atoms with Crippen molar-refractivity contribution in [2.24, 2.45) is 0 Å². The molecule has 1 amide bonds. The minimum absolute atomic E-state index is 0.0126. The van der Waals surface area contributed by atoms with Crippen molar-refractivity contribution in [1.29, 1.82) is 0 Å². The van der Waals surface area contributed by atoms with Crippen molar-refractivity contribution in [3.63, 3.8) is 0 Å². The van der Waals surface area contributed by atoms with E-state index in [9.17, 15) is 14.4 Å². The van der Waals surface area contributed by atoms with Crippen molar-refractivity contribution >= 4 is 17.8 Å². The minimum Gasteiger partial charge on any atom is -0.481 e. The SMILES string of the molecule is CCCCC(OCCN1CCN(NC(=O)OC(C)(C)C)CC1)C(=O)CCC(=O)O. The van der Waals surface area contributed by atoms with Crippen molar-refractivity contribution in [3.8, 4) is 0 Å². The maximum atomic E-state index is 12.2. The van der Waals surface area contributed by atoms with Crippen LogP contribution in [0.5, 0.6) is 0 Å². The number of ketones is 1. The van der Waals surface area contributed by atoms with Gasteiger partial charge >= 0.3 is 12.1 Å². The Balaban J connectivity index is 2.31. The third-order valence-corrected chi connectivity index (χ3v) is 4.51. The van der Waals surface area contributed by atoms with Gasteiger partial charge in [-0.25, -0.2) is 9.80 Å². The second-order valence-corrected chi connectivity index (χ2v) is 8.30. The van der Waals surface area contributed by atoms with Crippen LogP contribution in [-0.4, -0.2) is 83.9 Å². The van der Waals surface area contributed by atoms with Crippen LogP contribution < -0.4 is 5.43 Å². The van der Waals surface area contributed by atoms with Crippen LogP contribution in [0.2, 0.25) is 0 Å². The summed E-state index contributed by atoms with van der Waals surface area (Å²) in [4.78, 5) is 36.9. The molecule has 0 radical (unpaired) electrons. The Bertz CT molecular complexity index is 527. The van der Waals surface area contributed by atoms with Crippen molar-refractivity contribution in [1.82, 2.24) is 15.3 Å². The third-order valence-electron chi connectivity index (χ3n) is 4.51. The average molecular weight is 416 g/mol. The molecule has 9 heteroatoms. The Kier molecular flexibility index (Phi) is 11.2. The fourth-order valence-electron chi connectivity index (χ4n) is 2.96. The molecule has 0 aromatic carbocycles. The molecule has 0 aromatic rings. The quantitative estimate of drug-likeness (QED) is 0.499. The maximum Gasteiger partial charge on any atom is 0.422 e. The number of amides is 1. The lowest BCUT2D eigenvalue weighted by molar-refractivity contribution is -0.140. The number of carboxylic acid groups (broad SMARTS) is 1. The topological polar surface area (TPSA) is 108 Å². The molecule has 1 atom stereocenters. The highest BCUT2D eigenvalue weighted by atomic mass is 16.6. The number of ether oxygens (including phenoxy) is 2. The first-order valence-corrected chi connectivity index (χ1v) is 10.4. The van der Waals surface area contributed by atoms with Gasteiger partial charge in [0.05, 0.1) is 13.0 Å². The van der Waals surface area contributed by atoms with Gasteiger partial charge in [0.15, 0.2) is 5.78 Å². The summed E-state index contributed by atoms with van der Waals surface area (Å²) in [6.07, 6.45) is 1.34. The van der Waals surface area contributed by atoms with Crippen LogP contribution in [0.1, 0.15) is 59.8 Å². The lowest BCUT2D eigenvalue weighted by Crippen LogP contribution is -2.54. The molecule has 1 aliphatic rings. The van der Waals surface area contributed by atoms with E-state index in [0.717, 1.165) is 25.9 Å². The second kappa shape index (κ2) is 12.8. The van der Waals surface area contributed by atoms with Crippen LogP contribution in [0.4, 0.5) is 4.79 Å². The number of piperazine rings is 1. The summed E-state index contributed by atoms with van der Waals surface area (Å²) < 4.78 is 11.1. The van der Waals surface area contributed by atoms with Crippen LogP contribution in [0.3, 0.4) is 0 Å². The molecule has 1 aliphatic heterocycles. The van der Waals surface area contributed by atoms with E-state index in [-0.39, 0.29) is 18.6 Å². The summed E-state index contributed by atoms with van der Waals surface area (Å²) in [5.41, 5.74) is 2.22. The van der Waals surface area contributed by atoms with Crippen LogP contribution >= 0.6 is 0 Å². The molecule has 168 valence electrons. The molecule has 0 aromatic heterocycles. The fourth-order valence-corrected chi connectivity index (χ4v) is 2.96. The Morgan fingerprint density at radius 3 is 2.31 bits per heavy atom. The molecule has 0 aliphatic carbocycles. The standard InChI is InChI=1S/C20H37N3O6/c1-5-6-7-17(16(24)8-9-18(25)26)28-15-14-22-10-12-23(13-11-22)21-19(27)29-20(2,3)4/h17H,5-15H2,1-4H3,(H,21,27)(H,25,26). The first kappa shape index (κ1) is 25.3. The van der Waals surface area contributed by atoms with E-state index in [1.807, 2.05) is 32.7 Å². The molecule has 1 heterocycles. The number of unbranched alkanes of at least 4 members (excludes halogenated alkanes) is 1. The van der Waals surface area contributed by atoms with E-state index >= 15 is 0 Å².